The van der Waals surface area contributed by atoms with Crippen LogP contribution in [-0.2, 0) is 6.18 Å². The van der Waals surface area contributed by atoms with Crippen LogP contribution in [0.4, 0.5) is 13.2 Å². The zero-order chi connectivity index (χ0) is 11.8. The van der Waals surface area contributed by atoms with E-state index >= 15 is 0 Å². The maximum Gasteiger partial charge on any atom is 0.416 e. The second-order valence-electron chi connectivity index (χ2n) is 3.45. The summed E-state index contributed by atoms with van der Waals surface area (Å²) in [5.41, 5.74) is 1.10. The highest BCUT2D eigenvalue weighted by Gasteiger charge is 2.30. The van der Waals surface area contributed by atoms with E-state index < -0.39 is 11.7 Å². The molecule has 2 rings (SSSR count). The Balaban J connectivity index is 2.49. The highest BCUT2D eigenvalue weighted by atomic mass is 19.4. The van der Waals surface area contributed by atoms with E-state index in [1.165, 1.54) is 12.4 Å². The number of nitrogens with zero attached hydrogens (tertiary/aromatic N) is 1. The summed E-state index contributed by atoms with van der Waals surface area (Å²) in [6, 6.07) is 5.14. The van der Waals surface area contributed by atoms with Gasteiger partial charge in [0.1, 0.15) is 0 Å². The van der Waals surface area contributed by atoms with Gasteiger partial charge in [0.05, 0.1) is 17.6 Å². The molecular formula is C11H9F3N2. The van der Waals surface area contributed by atoms with Gasteiger partial charge < -0.3 is 4.98 Å². The number of alkyl halides is 3. The molecule has 0 saturated heterocycles. The lowest BCUT2D eigenvalue weighted by Gasteiger charge is -2.07. The highest BCUT2D eigenvalue weighted by molar-refractivity contribution is 5.62. The summed E-state index contributed by atoms with van der Waals surface area (Å²) in [5, 5.41) is 0. The summed E-state index contributed by atoms with van der Waals surface area (Å²) in [5.74, 6) is 0. The zero-order valence-corrected chi connectivity index (χ0v) is 8.47. The summed E-state index contributed by atoms with van der Waals surface area (Å²) < 4.78 is 37.4. The number of rotatable bonds is 1. The summed E-state index contributed by atoms with van der Waals surface area (Å²) in [6.45, 7) is 1.77. The van der Waals surface area contributed by atoms with Gasteiger partial charge in [-0.05, 0) is 19.1 Å². The molecule has 0 atom stereocenters. The Morgan fingerprint density at radius 1 is 1.25 bits per heavy atom. The molecule has 2 aromatic rings. The largest absolute Gasteiger partial charge is 0.416 e. The topological polar surface area (TPSA) is 28.7 Å². The van der Waals surface area contributed by atoms with Crippen LogP contribution in [0, 0.1) is 6.92 Å². The number of aromatic amines is 1. The maximum atomic E-state index is 12.5. The average molecular weight is 226 g/mol. The van der Waals surface area contributed by atoms with Gasteiger partial charge >= 0.3 is 6.18 Å². The van der Waals surface area contributed by atoms with E-state index in [-0.39, 0.29) is 0 Å². The molecule has 1 heterocycles. The number of benzene rings is 1. The molecule has 1 aromatic heterocycles. The number of hydrogen-bond donors (Lipinski definition) is 1. The predicted octanol–water partition coefficient (Wildman–Crippen LogP) is 3.40. The van der Waals surface area contributed by atoms with Gasteiger partial charge in [-0.1, -0.05) is 12.1 Å². The monoisotopic (exact) mass is 226 g/mol. The van der Waals surface area contributed by atoms with Crippen molar-refractivity contribution in [1.29, 1.82) is 0 Å². The van der Waals surface area contributed by atoms with Crippen LogP contribution < -0.4 is 0 Å². The first-order chi connectivity index (χ1) is 7.48. The normalized spacial score (nSPS) is 11.8. The number of H-pyrrole nitrogens is 1. The van der Waals surface area contributed by atoms with Crippen molar-refractivity contribution in [3.05, 3.63) is 41.9 Å². The van der Waals surface area contributed by atoms with Crippen molar-refractivity contribution in [1.82, 2.24) is 9.97 Å². The van der Waals surface area contributed by atoms with Crippen molar-refractivity contribution in [2.75, 3.05) is 0 Å². The van der Waals surface area contributed by atoms with Gasteiger partial charge in [0.25, 0.3) is 0 Å². The van der Waals surface area contributed by atoms with Gasteiger partial charge in [0.2, 0.25) is 0 Å². The van der Waals surface area contributed by atoms with Crippen LogP contribution in [0.15, 0.2) is 30.6 Å². The standard InChI is InChI=1S/C11H9F3N2/c1-7-10(16-6-15-7)8-3-2-4-9(5-8)11(12,13)14/h2-6H,1H3,(H,15,16). The lowest BCUT2D eigenvalue weighted by molar-refractivity contribution is -0.137. The minimum Gasteiger partial charge on any atom is -0.348 e. The van der Waals surface area contributed by atoms with E-state index in [4.69, 9.17) is 0 Å². The molecule has 1 N–H and O–H groups in total. The van der Waals surface area contributed by atoms with Gasteiger partial charge in [0, 0.05) is 11.3 Å². The Bertz CT molecular complexity index is 500. The van der Waals surface area contributed by atoms with Crippen molar-refractivity contribution < 1.29 is 13.2 Å². The number of halogens is 3. The Morgan fingerprint density at radius 3 is 2.56 bits per heavy atom. The quantitative estimate of drug-likeness (QED) is 0.793. The van der Waals surface area contributed by atoms with E-state index in [0.717, 1.165) is 17.8 Å². The second-order valence-corrected chi connectivity index (χ2v) is 3.45. The van der Waals surface area contributed by atoms with Crippen LogP contribution in [0.3, 0.4) is 0 Å². The first-order valence-electron chi connectivity index (χ1n) is 4.66. The molecule has 16 heavy (non-hydrogen) atoms. The fourth-order valence-electron chi connectivity index (χ4n) is 1.49. The molecular weight excluding hydrogens is 217 g/mol. The van der Waals surface area contributed by atoms with Crippen LogP contribution in [0.2, 0.25) is 0 Å². The summed E-state index contributed by atoms with van der Waals surface area (Å²) >= 11 is 0. The van der Waals surface area contributed by atoms with Crippen LogP contribution in [0.25, 0.3) is 11.3 Å². The number of imidazole rings is 1. The van der Waals surface area contributed by atoms with Crippen LogP contribution in [0.1, 0.15) is 11.3 Å². The summed E-state index contributed by atoms with van der Waals surface area (Å²) in [4.78, 5) is 6.82. The zero-order valence-electron chi connectivity index (χ0n) is 8.47. The molecule has 5 heteroatoms. The van der Waals surface area contributed by atoms with Crippen molar-refractivity contribution >= 4 is 0 Å². The number of aromatic nitrogens is 2. The van der Waals surface area contributed by atoms with Crippen molar-refractivity contribution in [2.45, 2.75) is 13.1 Å². The molecule has 84 valence electrons. The lowest BCUT2D eigenvalue weighted by atomic mass is 10.1. The molecule has 0 amide bonds. The Labute approximate surface area is 90.1 Å². The van der Waals surface area contributed by atoms with Crippen LogP contribution in [0.5, 0.6) is 0 Å². The Kier molecular flexibility index (Phi) is 2.46. The Morgan fingerprint density at radius 2 is 2.00 bits per heavy atom. The third-order valence-electron chi connectivity index (χ3n) is 2.29. The number of nitrogens with one attached hydrogen (secondary N) is 1. The van der Waals surface area contributed by atoms with Gasteiger partial charge in [-0.2, -0.15) is 13.2 Å². The third-order valence-corrected chi connectivity index (χ3v) is 2.29. The minimum absolute atomic E-state index is 0.466. The predicted molar refractivity (Wildman–Crippen MR) is 53.8 cm³/mol. The van der Waals surface area contributed by atoms with E-state index in [1.54, 1.807) is 13.0 Å². The molecule has 0 aliphatic rings. The van der Waals surface area contributed by atoms with E-state index in [0.29, 0.717) is 11.3 Å². The molecule has 0 unspecified atom stereocenters. The molecule has 0 aliphatic carbocycles. The molecule has 0 fully saturated rings. The fraction of sp³-hybridized carbons (Fsp3) is 0.182. The van der Waals surface area contributed by atoms with Crippen molar-refractivity contribution in [3.8, 4) is 11.3 Å². The number of hydrogen-bond acceptors (Lipinski definition) is 1. The minimum atomic E-state index is -4.32. The third kappa shape index (κ3) is 1.93. The van der Waals surface area contributed by atoms with E-state index in [1.807, 2.05) is 0 Å². The average Bonchev–Trinajstić information content (AvgIpc) is 2.63. The van der Waals surface area contributed by atoms with Gasteiger partial charge in [-0.15, -0.1) is 0 Å². The second kappa shape index (κ2) is 3.66. The fourth-order valence-corrected chi connectivity index (χ4v) is 1.49. The molecule has 0 aliphatic heterocycles. The van der Waals surface area contributed by atoms with Gasteiger partial charge in [-0.25, -0.2) is 4.98 Å². The first-order valence-corrected chi connectivity index (χ1v) is 4.66. The molecule has 1 aromatic carbocycles. The lowest BCUT2D eigenvalue weighted by Crippen LogP contribution is -2.04. The molecule has 2 nitrogen and oxygen atoms in total. The van der Waals surface area contributed by atoms with Crippen LogP contribution in [-0.4, -0.2) is 9.97 Å². The highest BCUT2D eigenvalue weighted by Crippen LogP contribution is 2.32. The van der Waals surface area contributed by atoms with Gasteiger partial charge in [0.15, 0.2) is 0 Å². The SMILES string of the molecule is Cc1[nH]cnc1-c1cccc(C(F)(F)F)c1. The van der Waals surface area contributed by atoms with Crippen LogP contribution >= 0.6 is 0 Å². The van der Waals surface area contributed by atoms with Gasteiger partial charge in [-0.3, -0.25) is 0 Å². The number of aryl methyl sites for hydroxylation is 1. The summed E-state index contributed by atoms with van der Waals surface area (Å²) in [6.07, 6.45) is -2.86. The smallest absolute Gasteiger partial charge is 0.348 e. The Hall–Kier alpha value is -1.78. The van der Waals surface area contributed by atoms with Crippen molar-refractivity contribution in [2.24, 2.45) is 0 Å². The van der Waals surface area contributed by atoms with Crippen molar-refractivity contribution in [3.63, 3.8) is 0 Å². The first kappa shape index (κ1) is 10.7. The van der Waals surface area contributed by atoms with E-state index in [9.17, 15) is 13.2 Å². The van der Waals surface area contributed by atoms with E-state index in [2.05, 4.69) is 9.97 Å². The molecule has 0 radical (unpaired) electrons. The molecule has 0 bridgehead atoms. The molecule has 0 saturated carbocycles. The maximum absolute atomic E-state index is 12.5. The molecule has 0 spiro atoms. The summed E-state index contributed by atoms with van der Waals surface area (Å²) in [7, 11) is 0.